The van der Waals surface area contributed by atoms with E-state index >= 15 is 0 Å². The molecule has 1 unspecified atom stereocenters. The molecule has 2 aromatic carbocycles. The number of ether oxygens (including phenoxy) is 3. The van der Waals surface area contributed by atoms with Gasteiger partial charge < -0.3 is 19.3 Å². The fourth-order valence-electron chi connectivity index (χ4n) is 4.36. The van der Waals surface area contributed by atoms with E-state index in [-0.39, 0.29) is 16.5 Å². The maximum absolute atomic E-state index is 13.3. The number of aliphatic hydroxyl groups excluding tert-OH is 1. The van der Waals surface area contributed by atoms with Crippen molar-refractivity contribution in [3.05, 3.63) is 64.2 Å². The Morgan fingerprint density at radius 3 is 2.54 bits per heavy atom. The number of benzene rings is 2. The maximum Gasteiger partial charge on any atom is 0.301 e. The first-order chi connectivity index (χ1) is 18.0. The molecule has 1 fully saturated rings. The van der Waals surface area contributed by atoms with Crippen LogP contribution >= 0.6 is 11.3 Å². The molecule has 37 heavy (non-hydrogen) atoms. The normalized spacial score (nSPS) is 18.3. The van der Waals surface area contributed by atoms with Crippen LogP contribution in [0.4, 0.5) is 5.13 Å². The van der Waals surface area contributed by atoms with Gasteiger partial charge >= 0.3 is 5.91 Å². The van der Waals surface area contributed by atoms with Gasteiger partial charge in [-0.05, 0) is 49.2 Å². The summed E-state index contributed by atoms with van der Waals surface area (Å²) in [6.07, 6.45) is 3.16. The Bertz CT molecular complexity index is 1350. The van der Waals surface area contributed by atoms with Crippen molar-refractivity contribution in [2.24, 2.45) is 0 Å². The molecule has 0 radical (unpaired) electrons. The monoisotopic (exact) mass is 521 g/mol. The molecular formula is C27H27N3O6S. The molecule has 0 saturated carbocycles. The van der Waals surface area contributed by atoms with Gasteiger partial charge in [0, 0.05) is 5.56 Å². The smallest absolute Gasteiger partial charge is 0.301 e. The number of Topliss-reactive ketones (excluding diaryl/α,β-unsaturated/α-hetero) is 1. The van der Waals surface area contributed by atoms with Crippen LogP contribution in [0.1, 0.15) is 48.4 Å². The number of hydrogen-bond acceptors (Lipinski definition) is 9. The molecule has 192 valence electrons. The number of hydrogen-bond donors (Lipinski definition) is 1. The van der Waals surface area contributed by atoms with E-state index in [0.717, 1.165) is 19.3 Å². The predicted octanol–water partition coefficient (Wildman–Crippen LogP) is 4.81. The summed E-state index contributed by atoms with van der Waals surface area (Å²) in [5.41, 5.74) is 0.940. The second kappa shape index (κ2) is 10.6. The minimum atomic E-state index is -0.894. The number of carbonyl (C=O) groups excluding carboxylic acids is 2. The average molecular weight is 522 g/mol. The SMILES string of the molecule is CCCCCOc1ccc(C2C(=C(O)c3ccc4c(c3)OCCO4)C(=O)C(=O)N2c2nnc(C)s2)cc1. The van der Waals surface area contributed by atoms with Gasteiger partial charge in [-0.25, -0.2) is 0 Å². The Kier molecular flexibility index (Phi) is 7.09. The number of carbonyl (C=O) groups is 2. The highest BCUT2D eigenvalue weighted by molar-refractivity contribution is 7.15. The van der Waals surface area contributed by atoms with Crippen LogP contribution in [0.25, 0.3) is 5.76 Å². The molecule has 1 aromatic heterocycles. The van der Waals surface area contributed by atoms with Gasteiger partial charge in [-0.1, -0.05) is 43.2 Å². The first-order valence-electron chi connectivity index (χ1n) is 12.2. The number of aliphatic hydroxyl groups is 1. The third-order valence-corrected chi connectivity index (χ3v) is 7.03. The lowest BCUT2D eigenvalue weighted by Crippen LogP contribution is -2.29. The maximum atomic E-state index is 13.3. The van der Waals surface area contributed by atoms with Crippen LogP contribution in [0, 0.1) is 6.92 Å². The van der Waals surface area contributed by atoms with Gasteiger partial charge in [0.1, 0.15) is 29.7 Å². The zero-order chi connectivity index (χ0) is 25.9. The van der Waals surface area contributed by atoms with Gasteiger partial charge in [0.05, 0.1) is 18.2 Å². The highest BCUT2D eigenvalue weighted by atomic mass is 32.1. The van der Waals surface area contributed by atoms with E-state index in [4.69, 9.17) is 14.2 Å². The second-order valence-electron chi connectivity index (χ2n) is 8.76. The number of nitrogens with zero attached hydrogens (tertiary/aromatic N) is 3. The van der Waals surface area contributed by atoms with Gasteiger partial charge in [0.15, 0.2) is 11.5 Å². The molecular weight excluding hydrogens is 494 g/mol. The number of aryl methyl sites for hydroxylation is 1. The van der Waals surface area contributed by atoms with Crippen LogP contribution in [0.3, 0.4) is 0 Å². The quantitative estimate of drug-likeness (QED) is 0.195. The minimum Gasteiger partial charge on any atom is -0.507 e. The van der Waals surface area contributed by atoms with E-state index in [2.05, 4.69) is 17.1 Å². The van der Waals surface area contributed by atoms with Crippen LogP contribution in [-0.4, -0.2) is 46.8 Å². The highest BCUT2D eigenvalue weighted by Gasteiger charge is 2.48. The number of ketones is 1. The first kappa shape index (κ1) is 24.8. The van der Waals surface area contributed by atoms with E-state index in [0.29, 0.717) is 53.2 Å². The average Bonchev–Trinajstić information content (AvgIpc) is 3.46. The number of rotatable bonds is 8. The summed E-state index contributed by atoms with van der Waals surface area (Å²) in [5.74, 6) is -0.173. The van der Waals surface area contributed by atoms with E-state index in [1.54, 1.807) is 49.4 Å². The molecule has 5 rings (SSSR count). The van der Waals surface area contributed by atoms with E-state index < -0.39 is 17.7 Å². The third-order valence-electron chi connectivity index (χ3n) is 6.19. The number of aromatic nitrogens is 2. The lowest BCUT2D eigenvalue weighted by molar-refractivity contribution is -0.132. The van der Waals surface area contributed by atoms with Crippen LogP contribution in [-0.2, 0) is 9.59 Å². The lowest BCUT2D eigenvalue weighted by Gasteiger charge is -2.23. The van der Waals surface area contributed by atoms with Gasteiger partial charge in [-0.3, -0.25) is 14.5 Å². The zero-order valence-electron chi connectivity index (χ0n) is 20.6. The first-order valence-corrected chi connectivity index (χ1v) is 13.0. The number of amides is 1. The molecule has 9 nitrogen and oxygen atoms in total. The van der Waals surface area contributed by atoms with Crippen molar-refractivity contribution < 1.29 is 28.9 Å². The summed E-state index contributed by atoms with van der Waals surface area (Å²) in [5, 5.41) is 20.4. The van der Waals surface area contributed by atoms with Crippen molar-refractivity contribution in [1.29, 1.82) is 0 Å². The number of anilines is 1. The molecule has 1 amide bonds. The zero-order valence-corrected chi connectivity index (χ0v) is 21.4. The molecule has 2 aliphatic rings. The third kappa shape index (κ3) is 4.89. The fourth-order valence-corrected chi connectivity index (χ4v) is 5.08. The Labute approximate surface area is 218 Å². The molecule has 0 spiro atoms. The molecule has 0 bridgehead atoms. The molecule has 1 saturated heterocycles. The second-order valence-corrected chi connectivity index (χ2v) is 9.92. The van der Waals surface area contributed by atoms with Crippen LogP contribution in [0.2, 0.25) is 0 Å². The Hall–Kier alpha value is -3.92. The largest absolute Gasteiger partial charge is 0.507 e. The van der Waals surface area contributed by atoms with Crippen LogP contribution in [0.15, 0.2) is 48.0 Å². The van der Waals surface area contributed by atoms with Crippen molar-refractivity contribution in [1.82, 2.24) is 10.2 Å². The highest BCUT2D eigenvalue weighted by Crippen LogP contribution is 2.44. The fraction of sp³-hybridized carbons (Fsp3) is 0.333. The number of unbranched alkanes of at least 4 members (excludes halogenated alkanes) is 2. The summed E-state index contributed by atoms with van der Waals surface area (Å²) < 4.78 is 17.0. The lowest BCUT2D eigenvalue weighted by atomic mass is 9.95. The Morgan fingerprint density at radius 2 is 1.84 bits per heavy atom. The van der Waals surface area contributed by atoms with Crippen molar-refractivity contribution in [2.45, 2.75) is 39.2 Å². The van der Waals surface area contributed by atoms with Gasteiger partial charge in [-0.2, -0.15) is 0 Å². The number of fused-ring (bicyclic) bond motifs is 1. The molecule has 0 aliphatic carbocycles. The van der Waals surface area contributed by atoms with Crippen molar-refractivity contribution >= 4 is 33.9 Å². The van der Waals surface area contributed by atoms with E-state index in [9.17, 15) is 14.7 Å². The van der Waals surface area contributed by atoms with Crippen molar-refractivity contribution in [2.75, 3.05) is 24.7 Å². The Balaban J connectivity index is 1.56. The van der Waals surface area contributed by atoms with Crippen LogP contribution in [0.5, 0.6) is 17.2 Å². The summed E-state index contributed by atoms with van der Waals surface area (Å²) in [6, 6.07) is 11.2. The van der Waals surface area contributed by atoms with E-state index in [1.807, 2.05) is 0 Å². The van der Waals surface area contributed by atoms with Crippen molar-refractivity contribution in [3.8, 4) is 17.2 Å². The molecule has 1 atom stereocenters. The van der Waals surface area contributed by atoms with E-state index in [1.165, 1.54) is 16.2 Å². The molecule has 3 aromatic rings. The molecule has 2 aliphatic heterocycles. The van der Waals surface area contributed by atoms with Crippen molar-refractivity contribution in [3.63, 3.8) is 0 Å². The van der Waals surface area contributed by atoms with Gasteiger partial charge in [0.2, 0.25) is 5.13 Å². The van der Waals surface area contributed by atoms with Gasteiger partial charge in [-0.15, -0.1) is 10.2 Å². The summed E-state index contributed by atoms with van der Waals surface area (Å²) in [4.78, 5) is 27.9. The van der Waals surface area contributed by atoms with Crippen LogP contribution < -0.4 is 19.1 Å². The standard InChI is InChI=1S/C27H27N3O6S/c1-3-4-5-12-34-19-9-6-17(7-10-19)23-22(25(32)26(33)30(23)27-29-28-16(2)37-27)24(31)18-8-11-20-21(15-18)36-14-13-35-20/h6-11,15,23,31H,3-5,12-14H2,1-2H3. The minimum absolute atomic E-state index is 0.0360. The van der Waals surface area contributed by atoms with Gasteiger partial charge in [0.25, 0.3) is 5.78 Å². The molecule has 1 N–H and O–H groups in total. The summed E-state index contributed by atoms with van der Waals surface area (Å²) in [7, 11) is 0. The topological polar surface area (TPSA) is 111 Å². The molecule has 3 heterocycles. The predicted molar refractivity (Wildman–Crippen MR) is 138 cm³/mol. The summed E-state index contributed by atoms with van der Waals surface area (Å²) in [6.45, 7) is 5.33. The molecule has 10 heteroatoms. The Morgan fingerprint density at radius 1 is 1.08 bits per heavy atom. The summed E-state index contributed by atoms with van der Waals surface area (Å²) >= 11 is 1.20.